The van der Waals surface area contributed by atoms with Gasteiger partial charge in [-0.3, -0.25) is 4.90 Å². The number of hydrogen-bond acceptors (Lipinski definition) is 10. The summed E-state index contributed by atoms with van der Waals surface area (Å²) in [7, 11) is 0. The van der Waals surface area contributed by atoms with Crippen molar-refractivity contribution in [3.8, 4) is 22.5 Å². The lowest BCUT2D eigenvalue weighted by molar-refractivity contribution is -0.135. The molecule has 1 atom stereocenters. The number of benzene rings is 2. The number of H-pyrrole nitrogens is 1. The number of nitrogens with zero attached hydrogens (tertiary/aromatic N) is 5. The number of carboxylic acids is 1. The van der Waals surface area contributed by atoms with Crippen LogP contribution in [0.25, 0.3) is 22.5 Å². The van der Waals surface area contributed by atoms with Crippen LogP contribution in [0.2, 0.25) is 0 Å². The van der Waals surface area contributed by atoms with Gasteiger partial charge in [-0.1, -0.05) is 61.9 Å². The van der Waals surface area contributed by atoms with Crippen molar-refractivity contribution in [2.45, 2.75) is 65.3 Å². The molecule has 0 bridgehead atoms. The molecule has 3 N–H and O–H groups in total. The van der Waals surface area contributed by atoms with E-state index in [-0.39, 0.29) is 29.6 Å². The van der Waals surface area contributed by atoms with Crippen molar-refractivity contribution in [2.75, 3.05) is 4.90 Å². The molecule has 214 valence electrons. The maximum Gasteiger partial charge on any atom is 0.520 e. The van der Waals surface area contributed by atoms with Gasteiger partial charge in [0.25, 0.3) is 0 Å². The second kappa shape index (κ2) is 10.4. The zero-order valence-electron chi connectivity index (χ0n) is 23.5. The molecule has 0 saturated carbocycles. The van der Waals surface area contributed by atoms with Crippen LogP contribution < -0.4 is 10.7 Å². The molecule has 1 unspecified atom stereocenters. The Kier molecular flexibility index (Phi) is 7.03. The predicted octanol–water partition coefficient (Wildman–Crippen LogP) is 4.29. The topological polar surface area (TPSA) is 162 Å². The van der Waals surface area contributed by atoms with E-state index in [0.29, 0.717) is 18.7 Å². The lowest BCUT2D eigenvalue weighted by atomic mass is 9.97. The lowest BCUT2D eigenvalue weighted by Crippen LogP contribution is -2.54. The molecule has 2 aromatic heterocycles. The van der Waals surface area contributed by atoms with Crippen molar-refractivity contribution in [1.29, 1.82) is 0 Å². The monoisotopic (exact) mass is 560 g/mol. The first-order valence-electron chi connectivity index (χ1n) is 13.3. The maximum absolute atomic E-state index is 12.8. The van der Waals surface area contributed by atoms with E-state index in [2.05, 4.69) is 20.6 Å². The van der Waals surface area contributed by atoms with Crippen molar-refractivity contribution < 1.29 is 23.8 Å². The van der Waals surface area contributed by atoms with Gasteiger partial charge in [-0.2, -0.15) is 5.21 Å². The van der Waals surface area contributed by atoms with Gasteiger partial charge in [-0.15, -0.1) is 10.2 Å². The summed E-state index contributed by atoms with van der Waals surface area (Å²) in [5.74, 6) is -1.37. The molecule has 0 saturated heterocycles. The first-order chi connectivity index (χ1) is 19.5. The Labute approximate surface area is 235 Å². The Morgan fingerprint density at radius 3 is 2.32 bits per heavy atom. The molecule has 3 heterocycles. The molecular formula is C29H32N6O6. The Morgan fingerprint density at radius 2 is 1.78 bits per heavy atom. The summed E-state index contributed by atoms with van der Waals surface area (Å²) in [4.78, 5) is 28.2. The number of aryl methyl sites for hydroxylation is 1. The average molecular weight is 561 g/mol. The number of carboxylic acid groups (broad SMARTS) is 1. The average Bonchev–Trinajstić information content (AvgIpc) is 3.62. The number of anilines is 1. The smallest absolute Gasteiger partial charge is 0.477 e. The Hall–Kier alpha value is -4.71. The van der Waals surface area contributed by atoms with Crippen molar-refractivity contribution in [3.05, 3.63) is 81.9 Å². The van der Waals surface area contributed by atoms with Crippen LogP contribution in [0, 0.1) is 6.92 Å². The SMILES string of the molecule is CCCC1(C)N(Cc2ccc(-c3ccccc3-c3nn[nH]n3)cc2)C(C(=O)O)=C(C(C)(C)O)N1c1oc(=O)oc1C. The summed E-state index contributed by atoms with van der Waals surface area (Å²) in [6.45, 7) is 8.67. The van der Waals surface area contributed by atoms with Gasteiger partial charge in [0, 0.05) is 12.1 Å². The summed E-state index contributed by atoms with van der Waals surface area (Å²) in [5, 5.41) is 36.1. The van der Waals surface area contributed by atoms with Gasteiger partial charge in [-0.05, 0) is 56.0 Å². The van der Waals surface area contributed by atoms with Gasteiger partial charge in [0.05, 0.1) is 5.70 Å². The molecule has 41 heavy (non-hydrogen) atoms. The van der Waals surface area contributed by atoms with E-state index in [4.69, 9.17) is 8.83 Å². The molecule has 1 aliphatic heterocycles. The van der Waals surface area contributed by atoms with E-state index in [1.807, 2.05) is 62.4 Å². The third-order valence-electron chi connectivity index (χ3n) is 7.33. The fourth-order valence-electron chi connectivity index (χ4n) is 5.63. The van der Waals surface area contributed by atoms with E-state index in [9.17, 15) is 19.8 Å². The van der Waals surface area contributed by atoms with Crippen LogP contribution in [0.3, 0.4) is 0 Å². The number of hydrogen-bond donors (Lipinski definition) is 3. The molecular weight excluding hydrogens is 528 g/mol. The molecule has 5 rings (SSSR count). The highest BCUT2D eigenvalue weighted by atomic mass is 16.6. The van der Waals surface area contributed by atoms with Crippen LogP contribution in [-0.4, -0.2) is 53.0 Å². The van der Waals surface area contributed by atoms with Crippen LogP contribution in [-0.2, 0) is 11.3 Å². The van der Waals surface area contributed by atoms with Gasteiger partial charge in [0.15, 0.2) is 5.76 Å². The van der Waals surface area contributed by atoms with Crippen LogP contribution in [0.4, 0.5) is 5.88 Å². The van der Waals surface area contributed by atoms with E-state index in [1.165, 1.54) is 13.8 Å². The first-order valence-corrected chi connectivity index (χ1v) is 13.3. The van der Waals surface area contributed by atoms with E-state index in [1.54, 1.807) is 16.7 Å². The first kappa shape index (κ1) is 27.8. The summed E-state index contributed by atoms with van der Waals surface area (Å²) >= 11 is 0. The molecule has 12 nitrogen and oxygen atoms in total. The number of aliphatic hydroxyl groups is 1. The Balaban J connectivity index is 1.59. The molecule has 2 aromatic carbocycles. The largest absolute Gasteiger partial charge is 0.520 e. The van der Waals surface area contributed by atoms with E-state index >= 15 is 0 Å². The van der Waals surface area contributed by atoms with Crippen molar-refractivity contribution in [2.24, 2.45) is 0 Å². The van der Waals surface area contributed by atoms with Crippen molar-refractivity contribution >= 4 is 11.9 Å². The number of rotatable bonds is 9. The second-order valence-corrected chi connectivity index (χ2v) is 10.7. The van der Waals surface area contributed by atoms with Gasteiger partial charge >= 0.3 is 11.8 Å². The number of tetrazole rings is 1. The van der Waals surface area contributed by atoms with E-state index in [0.717, 1.165) is 22.3 Å². The van der Waals surface area contributed by atoms with Gasteiger partial charge in [0.2, 0.25) is 11.7 Å². The molecule has 0 radical (unpaired) electrons. The van der Waals surface area contributed by atoms with Gasteiger partial charge < -0.3 is 23.9 Å². The summed E-state index contributed by atoms with van der Waals surface area (Å²) in [6.07, 6.45) is 1.18. The minimum atomic E-state index is -1.59. The molecule has 4 aromatic rings. The number of nitrogens with one attached hydrogen (secondary N) is 1. The molecule has 12 heteroatoms. The highest BCUT2D eigenvalue weighted by Gasteiger charge is 2.55. The van der Waals surface area contributed by atoms with Crippen LogP contribution in [0.1, 0.15) is 51.9 Å². The minimum absolute atomic E-state index is 0.0674. The quantitative estimate of drug-likeness (QED) is 0.268. The van der Waals surface area contributed by atoms with Crippen LogP contribution in [0.15, 0.2) is 73.6 Å². The summed E-state index contributed by atoms with van der Waals surface area (Å²) < 4.78 is 10.6. The number of carbonyl (C=O) groups is 1. The number of aromatic amines is 1. The zero-order valence-corrected chi connectivity index (χ0v) is 23.5. The third-order valence-corrected chi connectivity index (χ3v) is 7.33. The maximum atomic E-state index is 12.8. The third kappa shape index (κ3) is 4.91. The highest BCUT2D eigenvalue weighted by molar-refractivity contribution is 5.90. The second-order valence-electron chi connectivity index (χ2n) is 10.7. The summed E-state index contributed by atoms with van der Waals surface area (Å²) in [6, 6.07) is 15.5. The summed E-state index contributed by atoms with van der Waals surface area (Å²) in [5.41, 5.74) is 0.939. The Bertz CT molecular complexity index is 1650. The fraction of sp³-hybridized carbons (Fsp3) is 0.345. The molecule has 0 amide bonds. The minimum Gasteiger partial charge on any atom is -0.477 e. The van der Waals surface area contributed by atoms with Crippen molar-refractivity contribution in [3.63, 3.8) is 0 Å². The Morgan fingerprint density at radius 1 is 1.10 bits per heavy atom. The van der Waals surface area contributed by atoms with Gasteiger partial charge in [-0.25, -0.2) is 9.59 Å². The van der Waals surface area contributed by atoms with Crippen LogP contribution in [0.5, 0.6) is 0 Å². The molecule has 0 aliphatic carbocycles. The normalized spacial score (nSPS) is 17.5. The van der Waals surface area contributed by atoms with Crippen LogP contribution >= 0.6 is 0 Å². The standard InChI is InChI=1S/C29H32N6O6/c1-6-15-29(5)34(22(26(36)37)23(28(3,4)39)35(29)25-17(2)40-27(38)41-25)16-18-11-13-19(14-12-18)20-9-7-8-10-21(20)24-30-32-33-31-24/h7-14,39H,6,15-16H2,1-5H3,(H,36,37)(H,30,31,32,33). The van der Waals surface area contributed by atoms with Gasteiger partial charge in [0.1, 0.15) is 17.0 Å². The predicted molar refractivity (Wildman–Crippen MR) is 149 cm³/mol. The van der Waals surface area contributed by atoms with E-state index < -0.39 is 23.1 Å². The van der Waals surface area contributed by atoms with Crippen molar-refractivity contribution in [1.82, 2.24) is 25.5 Å². The number of aromatic nitrogens is 4. The molecule has 0 spiro atoms. The highest BCUT2D eigenvalue weighted by Crippen LogP contribution is 2.48. The molecule has 0 fully saturated rings. The number of aliphatic carboxylic acids is 1. The fourth-order valence-corrected chi connectivity index (χ4v) is 5.63. The zero-order chi connectivity index (χ0) is 29.5. The lowest BCUT2D eigenvalue weighted by Gasteiger charge is -2.44. The molecule has 1 aliphatic rings.